The van der Waals surface area contributed by atoms with Gasteiger partial charge in [0.15, 0.2) is 11.6 Å². The van der Waals surface area contributed by atoms with Crippen LogP contribution < -0.4 is 0 Å². The number of hydrogen-bond donors (Lipinski definition) is 0. The fraction of sp³-hybridized carbons (Fsp3) is 0.0185. The van der Waals surface area contributed by atoms with E-state index in [2.05, 4.69) is 203 Å². The number of aromatic nitrogens is 5. The minimum absolute atomic E-state index is 0.571. The van der Waals surface area contributed by atoms with Gasteiger partial charge < -0.3 is 4.57 Å². The van der Waals surface area contributed by atoms with Crippen LogP contribution in [-0.4, -0.2) is 24.1 Å². The van der Waals surface area contributed by atoms with Crippen molar-refractivity contribution in [2.75, 3.05) is 0 Å². The number of para-hydroxylation sites is 3. The highest BCUT2D eigenvalue weighted by molar-refractivity contribution is 6.09. The first kappa shape index (κ1) is 33.3. The summed E-state index contributed by atoms with van der Waals surface area (Å²) in [5, 5.41) is 3.62. The van der Waals surface area contributed by atoms with E-state index in [-0.39, 0.29) is 0 Å². The van der Waals surface area contributed by atoms with Gasteiger partial charge in [-0.1, -0.05) is 170 Å². The number of fused-ring (bicyclic) bond motifs is 8. The van der Waals surface area contributed by atoms with Crippen molar-refractivity contribution in [2.45, 2.75) is 5.41 Å². The van der Waals surface area contributed by atoms with E-state index >= 15 is 0 Å². The minimum atomic E-state index is -0.670. The molecular formula is C54H35N5. The third-order valence-corrected chi connectivity index (χ3v) is 12.1. The Morgan fingerprint density at radius 1 is 0.356 bits per heavy atom. The lowest BCUT2D eigenvalue weighted by molar-refractivity contribution is 0.706. The second kappa shape index (κ2) is 13.1. The third kappa shape index (κ3) is 4.88. The zero-order valence-corrected chi connectivity index (χ0v) is 31.9. The molecule has 0 bridgehead atoms. The molecule has 0 unspecified atom stereocenters. The van der Waals surface area contributed by atoms with Gasteiger partial charge in [-0.15, -0.1) is 0 Å². The smallest absolute Gasteiger partial charge is 0.238 e. The van der Waals surface area contributed by atoms with Crippen LogP contribution in [0.2, 0.25) is 0 Å². The van der Waals surface area contributed by atoms with Crippen molar-refractivity contribution < 1.29 is 0 Å². The second-order valence-electron chi connectivity index (χ2n) is 15.2. The van der Waals surface area contributed by atoms with Crippen LogP contribution >= 0.6 is 0 Å². The monoisotopic (exact) mass is 753 g/mol. The highest BCUT2D eigenvalue weighted by Gasteiger charge is 2.50. The summed E-state index contributed by atoms with van der Waals surface area (Å²) in [5.74, 6) is 1.79. The molecule has 3 heterocycles. The van der Waals surface area contributed by atoms with Gasteiger partial charge in [0.05, 0.1) is 27.7 Å². The molecule has 5 heteroatoms. The van der Waals surface area contributed by atoms with Gasteiger partial charge in [0, 0.05) is 38.5 Å². The predicted molar refractivity (Wildman–Crippen MR) is 239 cm³/mol. The van der Waals surface area contributed by atoms with Gasteiger partial charge in [0.25, 0.3) is 0 Å². The molecule has 12 rings (SSSR count). The fourth-order valence-electron chi connectivity index (χ4n) is 9.63. The maximum atomic E-state index is 5.44. The SMILES string of the molecule is c1ccc(-c2nc(-c3ccc(-n4c5ccccc5c5ccccc54)cc3)nc(-n3c4c(c5ccccc53)-c3ccccc3C4(c3ccccc3)c3ccccc3)n2)cc1. The Hall–Kier alpha value is -7.89. The lowest BCUT2D eigenvalue weighted by atomic mass is 9.69. The van der Waals surface area contributed by atoms with Crippen LogP contribution in [0.15, 0.2) is 212 Å². The van der Waals surface area contributed by atoms with E-state index in [0.29, 0.717) is 17.6 Å². The molecule has 1 aliphatic carbocycles. The lowest BCUT2D eigenvalue weighted by Crippen LogP contribution is -2.31. The Bertz CT molecular complexity index is 3270. The summed E-state index contributed by atoms with van der Waals surface area (Å²) in [6, 6.07) is 75.4. The molecule has 0 radical (unpaired) electrons. The van der Waals surface area contributed by atoms with Crippen molar-refractivity contribution in [1.29, 1.82) is 0 Å². The molecule has 8 aromatic carbocycles. The van der Waals surface area contributed by atoms with E-state index < -0.39 is 5.41 Å². The summed E-state index contributed by atoms with van der Waals surface area (Å²) >= 11 is 0. The van der Waals surface area contributed by atoms with Crippen molar-refractivity contribution in [1.82, 2.24) is 24.1 Å². The number of nitrogens with zero attached hydrogens (tertiary/aromatic N) is 5. The zero-order chi connectivity index (χ0) is 38.9. The summed E-state index contributed by atoms with van der Waals surface area (Å²) < 4.78 is 4.65. The standard InChI is InChI=1S/C54H35N5/c1-4-18-36(19-5-1)51-55-52(37-32-34-40(35-33-37)58-46-29-15-11-24-41(46)42-25-12-16-30-47(42)58)57-53(56-51)59-48-31-17-13-27-44(48)49-43-26-10-14-28-45(43)54(50(49)59,38-20-6-2-7-21-38)39-22-8-3-9-23-39/h1-35H. The largest absolute Gasteiger partial charge is 0.309 e. The van der Waals surface area contributed by atoms with Crippen molar-refractivity contribution in [3.05, 3.63) is 235 Å². The minimum Gasteiger partial charge on any atom is -0.309 e. The molecule has 3 aromatic heterocycles. The normalized spacial score (nSPS) is 12.9. The highest BCUT2D eigenvalue weighted by Crippen LogP contribution is 2.59. The van der Waals surface area contributed by atoms with E-state index in [1.54, 1.807) is 0 Å². The Morgan fingerprint density at radius 3 is 1.41 bits per heavy atom. The molecule has 0 spiro atoms. The van der Waals surface area contributed by atoms with Crippen molar-refractivity contribution >= 4 is 32.7 Å². The van der Waals surface area contributed by atoms with Crippen molar-refractivity contribution in [3.63, 3.8) is 0 Å². The van der Waals surface area contributed by atoms with Crippen LogP contribution in [0, 0.1) is 0 Å². The molecule has 0 N–H and O–H groups in total. The maximum absolute atomic E-state index is 5.44. The molecule has 276 valence electrons. The average molecular weight is 754 g/mol. The van der Waals surface area contributed by atoms with E-state index in [1.165, 1.54) is 49.6 Å². The van der Waals surface area contributed by atoms with Crippen molar-refractivity contribution in [2.24, 2.45) is 0 Å². The topological polar surface area (TPSA) is 48.5 Å². The maximum Gasteiger partial charge on any atom is 0.238 e. The van der Waals surface area contributed by atoms with E-state index in [9.17, 15) is 0 Å². The number of hydrogen-bond acceptors (Lipinski definition) is 3. The van der Waals surface area contributed by atoms with Gasteiger partial charge in [-0.05, 0) is 64.7 Å². The average Bonchev–Trinajstić information content (AvgIpc) is 3.94. The first-order chi connectivity index (χ1) is 29.3. The Labute approximate surface area is 341 Å². The van der Waals surface area contributed by atoms with E-state index in [1.807, 2.05) is 18.2 Å². The second-order valence-corrected chi connectivity index (χ2v) is 15.2. The van der Waals surface area contributed by atoms with Crippen LogP contribution in [0.1, 0.15) is 22.4 Å². The van der Waals surface area contributed by atoms with Crippen LogP contribution in [0.3, 0.4) is 0 Å². The molecule has 0 amide bonds. The molecule has 0 aliphatic heterocycles. The summed E-state index contributed by atoms with van der Waals surface area (Å²) in [5.41, 5.74) is 12.7. The van der Waals surface area contributed by atoms with Crippen LogP contribution in [-0.2, 0) is 5.41 Å². The van der Waals surface area contributed by atoms with Crippen LogP contribution in [0.5, 0.6) is 0 Å². The molecular weight excluding hydrogens is 719 g/mol. The quantitative estimate of drug-likeness (QED) is 0.170. The van der Waals surface area contributed by atoms with Crippen LogP contribution in [0.4, 0.5) is 0 Å². The predicted octanol–water partition coefficient (Wildman–Crippen LogP) is 12.6. The lowest BCUT2D eigenvalue weighted by Gasteiger charge is -2.34. The van der Waals surface area contributed by atoms with Crippen LogP contribution in [0.25, 0.3) is 78.2 Å². The Kier molecular flexibility index (Phi) is 7.38. The number of rotatable bonds is 6. The first-order valence-corrected chi connectivity index (χ1v) is 20.0. The van der Waals surface area contributed by atoms with Gasteiger partial charge in [-0.3, -0.25) is 4.57 Å². The molecule has 1 aliphatic rings. The van der Waals surface area contributed by atoms with Gasteiger partial charge in [0.2, 0.25) is 5.95 Å². The van der Waals surface area contributed by atoms with Gasteiger partial charge in [-0.2, -0.15) is 9.97 Å². The first-order valence-electron chi connectivity index (χ1n) is 20.0. The molecule has 59 heavy (non-hydrogen) atoms. The summed E-state index contributed by atoms with van der Waals surface area (Å²) in [6.45, 7) is 0. The summed E-state index contributed by atoms with van der Waals surface area (Å²) in [4.78, 5) is 16.0. The number of benzene rings is 8. The molecule has 11 aromatic rings. The molecule has 0 saturated heterocycles. The summed E-state index contributed by atoms with van der Waals surface area (Å²) in [7, 11) is 0. The molecule has 0 saturated carbocycles. The van der Waals surface area contributed by atoms with Gasteiger partial charge >= 0.3 is 0 Å². The van der Waals surface area contributed by atoms with E-state index in [4.69, 9.17) is 15.0 Å². The van der Waals surface area contributed by atoms with Crippen molar-refractivity contribution in [3.8, 4) is 45.5 Å². The molecule has 5 nitrogen and oxygen atoms in total. The van der Waals surface area contributed by atoms with E-state index in [0.717, 1.165) is 33.4 Å². The Balaban J connectivity index is 1.13. The highest BCUT2D eigenvalue weighted by atomic mass is 15.2. The third-order valence-electron chi connectivity index (χ3n) is 12.1. The summed E-state index contributed by atoms with van der Waals surface area (Å²) in [6.07, 6.45) is 0. The zero-order valence-electron chi connectivity index (χ0n) is 31.9. The Morgan fingerprint density at radius 2 is 0.814 bits per heavy atom. The van der Waals surface area contributed by atoms with Gasteiger partial charge in [0.1, 0.15) is 0 Å². The molecule has 0 fully saturated rings. The van der Waals surface area contributed by atoms with Gasteiger partial charge in [-0.25, -0.2) is 4.98 Å². The fourth-order valence-corrected chi connectivity index (χ4v) is 9.63. The molecule has 0 atom stereocenters.